The highest BCUT2D eigenvalue weighted by Crippen LogP contribution is 2.37. The van der Waals surface area contributed by atoms with Crippen LogP contribution in [0.1, 0.15) is 48.1 Å². The number of halogens is 4. The zero-order chi connectivity index (χ0) is 25.1. The van der Waals surface area contributed by atoms with E-state index in [9.17, 15) is 22.7 Å². The topological polar surface area (TPSA) is 44.7 Å². The van der Waals surface area contributed by atoms with Crippen molar-refractivity contribution < 1.29 is 27.4 Å². The van der Waals surface area contributed by atoms with Crippen LogP contribution in [0, 0.1) is 5.92 Å². The molecular formula is C27H34F4N2O2. The van der Waals surface area contributed by atoms with Gasteiger partial charge in [-0.15, -0.1) is 0 Å². The molecule has 192 valence electrons. The Hall–Kier alpha value is -2.16. The summed E-state index contributed by atoms with van der Waals surface area (Å²) in [6.07, 6.45) is -3.63. The second kappa shape index (κ2) is 10.8. The highest BCUT2D eigenvalue weighted by atomic mass is 19.4. The predicted octanol–water partition coefficient (Wildman–Crippen LogP) is 4.95. The minimum atomic E-state index is -4.24. The molecule has 2 aliphatic heterocycles. The number of likely N-dealkylation sites (tertiary alicyclic amines) is 1. The van der Waals surface area contributed by atoms with Crippen molar-refractivity contribution in [3.8, 4) is 5.75 Å². The van der Waals surface area contributed by atoms with Crippen molar-refractivity contribution in [3.63, 3.8) is 0 Å². The molecule has 4 nitrogen and oxygen atoms in total. The first-order valence-electron chi connectivity index (χ1n) is 12.3. The number of alkyl halides is 4. The zero-order valence-corrected chi connectivity index (χ0v) is 20.1. The summed E-state index contributed by atoms with van der Waals surface area (Å²) in [7, 11) is 0. The van der Waals surface area contributed by atoms with Gasteiger partial charge in [0.05, 0.1) is 18.7 Å². The Morgan fingerprint density at radius 1 is 1.11 bits per heavy atom. The second-order valence-corrected chi connectivity index (χ2v) is 9.82. The third kappa shape index (κ3) is 6.54. The van der Waals surface area contributed by atoms with E-state index in [0.29, 0.717) is 38.0 Å². The summed E-state index contributed by atoms with van der Waals surface area (Å²) in [4.78, 5) is 2.17. The summed E-state index contributed by atoms with van der Waals surface area (Å²) < 4.78 is 57.2. The van der Waals surface area contributed by atoms with Gasteiger partial charge >= 0.3 is 6.18 Å². The number of ether oxygens (including phenoxy) is 1. The van der Waals surface area contributed by atoms with Crippen LogP contribution in [-0.2, 0) is 18.4 Å². The molecule has 2 aromatic rings. The van der Waals surface area contributed by atoms with Gasteiger partial charge in [-0.1, -0.05) is 37.3 Å². The Morgan fingerprint density at radius 3 is 2.51 bits per heavy atom. The third-order valence-electron chi connectivity index (χ3n) is 7.21. The molecule has 0 unspecified atom stereocenters. The lowest BCUT2D eigenvalue weighted by Gasteiger charge is -2.37. The first kappa shape index (κ1) is 25.9. The smallest absolute Gasteiger partial charge is 0.390 e. The second-order valence-electron chi connectivity index (χ2n) is 9.82. The van der Waals surface area contributed by atoms with Gasteiger partial charge in [-0.25, -0.2) is 0 Å². The average molecular weight is 495 g/mol. The van der Waals surface area contributed by atoms with Gasteiger partial charge in [0.2, 0.25) is 0 Å². The van der Waals surface area contributed by atoms with Gasteiger partial charge in [0.1, 0.15) is 12.4 Å². The van der Waals surface area contributed by atoms with E-state index in [-0.39, 0.29) is 12.6 Å². The number of hydrogen-bond donors (Lipinski definition) is 2. The van der Waals surface area contributed by atoms with Crippen molar-refractivity contribution in [1.29, 1.82) is 0 Å². The summed E-state index contributed by atoms with van der Waals surface area (Å²) in [5.74, 6) is 0.910. The van der Waals surface area contributed by atoms with Crippen LogP contribution < -0.4 is 10.1 Å². The largest absolute Gasteiger partial charge is 0.492 e. The monoisotopic (exact) mass is 494 g/mol. The molecule has 0 aromatic heterocycles. The Balaban J connectivity index is 1.38. The Labute approximate surface area is 204 Å². The number of hydrogen-bond acceptors (Lipinski definition) is 4. The maximum Gasteiger partial charge on any atom is 0.390 e. The lowest BCUT2D eigenvalue weighted by Crippen LogP contribution is -2.49. The molecule has 1 fully saturated rings. The number of rotatable bonds is 10. The lowest BCUT2D eigenvalue weighted by atomic mass is 9.81. The summed E-state index contributed by atoms with van der Waals surface area (Å²) in [5.41, 5.74) is 2.09. The van der Waals surface area contributed by atoms with Crippen LogP contribution in [0.5, 0.6) is 5.75 Å². The average Bonchev–Trinajstić information content (AvgIpc) is 2.80. The molecule has 0 saturated carbocycles. The summed E-state index contributed by atoms with van der Waals surface area (Å²) >= 11 is 0. The van der Waals surface area contributed by atoms with E-state index < -0.39 is 24.2 Å². The highest BCUT2D eigenvalue weighted by molar-refractivity contribution is 5.40. The molecule has 35 heavy (non-hydrogen) atoms. The van der Waals surface area contributed by atoms with Gasteiger partial charge in [0, 0.05) is 38.0 Å². The van der Waals surface area contributed by atoms with E-state index in [1.54, 1.807) is 12.1 Å². The highest BCUT2D eigenvalue weighted by Gasteiger charge is 2.35. The van der Waals surface area contributed by atoms with Crippen LogP contribution in [0.3, 0.4) is 0 Å². The fourth-order valence-electron chi connectivity index (χ4n) is 5.08. The first-order chi connectivity index (χ1) is 16.7. The molecule has 2 aliphatic rings. The molecule has 1 saturated heterocycles. The van der Waals surface area contributed by atoms with Gasteiger partial charge in [-0.05, 0) is 53.8 Å². The minimum Gasteiger partial charge on any atom is -0.492 e. The normalized spacial score (nSPS) is 20.7. The Kier molecular flexibility index (Phi) is 8.03. The van der Waals surface area contributed by atoms with Crippen LogP contribution in [0.4, 0.5) is 17.6 Å². The number of fused-ring (bicyclic) bond motifs is 1. The molecule has 0 bridgehead atoms. The van der Waals surface area contributed by atoms with E-state index in [0.717, 1.165) is 42.1 Å². The minimum absolute atomic E-state index is 0.166. The standard InChI is InChI=1S/C27H34F4N2O2/c1-2-26(34,22-5-8-24-21(13-22)9-10-32-25(24)15-27(29,30)31)14-19-3-6-23(7-4-19)35-12-11-33-17-20(16-28)18-33/h3-8,13,20,25,32,34H,2,9-12,14-18H2,1H3/t25-,26-/m1/s1. The maximum atomic E-state index is 13.0. The molecular weight excluding hydrogens is 460 g/mol. The quantitative estimate of drug-likeness (QED) is 0.459. The number of nitrogens with one attached hydrogen (secondary N) is 1. The van der Waals surface area contributed by atoms with Gasteiger partial charge in [0.25, 0.3) is 0 Å². The molecule has 0 aliphatic carbocycles. The van der Waals surface area contributed by atoms with Crippen LogP contribution in [0.15, 0.2) is 42.5 Å². The zero-order valence-electron chi connectivity index (χ0n) is 20.1. The van der Waals surface area contributed by atoms with Gasteiger partial charge in [0.15, 0.2) is 0 Å². The third-order valence-corrected chi connectivity index (χ3v) is 7.21. The predicted molar refractivity (Wildman–Crippen MR) is 127 cm³/mol. The summed E-state index contributed by atoms with van der Waals surface area (Å²) in [5, 5.41) is 14.5. The number of benzene rings is 2. The van der Waals surface area contributed by atoms with E-state index in [2.05, 4.69) is 10.2 Å². The van der Waals surface area contributed by atoms with Crippen molar-refractivity contribution in [2.75, 3.05) is 39.5 Å². The van der Waals surface area contributed by atoms with Crippen LogP contribution >= 0.6 is 0 Å². The SMILES string of the molecule is CC[C@@](O)(Cc1ccc(OCCN2CC(CF)C2)cc1)c1ccc2c(c1)CCN[C@@H]2CC(F)(F)F. The molecule has 2 heterocycles. The number of aliphatic hydroxyl groups is 1. The maximum absolute atomic E-state index is 13.0. The van der Waals surface area contributed by atoms with E-state index in [1.165, 1.54) is 0 Å². The van der Waals surface area contributed by atoms with Crippen molar-refractivity contribution in [1.82, 2.24) is 10.2 Å². The van der Waals surface area contributed by atoms with Crippen molar-refractivity contribution in [2.24, 2.45) is 5.92 Å². The van der Waals surface area contributed by atoms with Gasteiger partial charge in [-0.2, -0.15) is 13.2 Å². The van der Waals surface area contributed by atoms with E-state index >= 15 is 0 Å². The Bertz CT molecular complexity index is 976. The molecule has 2 N–H and O–H groups in total. The Morgan fingerprint density at radius 2 is 1.86 bits per heavy atom. The molecule has 2 atom stereocenters. The lowest BCUT2D eigenvalue weighted by molar-refractivity contribution is -0.140. The van der Waals surface area contributed by atoms with Crippen LogP contribution in [0.2, 0.25) is 0 Å². The molecule has 0 spiro atoms. The van der Waals surface area contributed by atoms with Crippen molar-refractivity contribution >= 4 is 0 Å². The molecule has 2 aromatic carbocycles. The van der Waals surface area contributed by atoms with Crippen LogP contribution in [-0.4, -0.2) is 55.6 Å². The first-order valence-corrected chi connectivity index (χ1v) is 12.3. The summed E-state index contributed by atoms with van der Waals surface area (Å²) in [6.45, 7) is 5.02. The molecule has 0 radical (unpaired) electrons. The van der Waals surface area contributed by atoms with Crippen LogP contribution in [0.25, 0.3) is 0 Å². The molecule has 8 heteroatoms. The van der Waals surface area contributed by atoms with Crippen molar-refractivity contribution in [2.45, 2.75) is 50.4 Å². The van der Waals surface area contributed by atoms with E-state index in [1.807, 2.05) is 37.3 Å². The summed E-state index contributed by atoms with van der Waals surface area (Å²) in [6, 6.07) is 12.3. The fourth-order valence-corrected chi connectivity index (χ4v) is 5.08. The molecule has 4 rings (SSSR count). The number of nitrogens with zero attached hydrogens (tertiary/aromatic N) is 1. The van der Waals surface area contributed by atoms with Crippen molar-refractivity contribution in [3.05, 3.63) is 64.7 Å². The molecule has 0 amide bonds. The van der Waals surface area contributed by atoms with Gasteiger partial charge in [-0.3, -0.25) is 9.29 Å². The van der Waals surface area contributed by atoms with E-state index in [4.69, 9.17) is 4.74 Å². The fraction of sp³-hybridized carbons (Fsp3) is 0.556. The van der Waals surface area contributed by atoms with Gasteiger partial charge < -0.3 is 15.2 Å².